The second kappa shape index (κ2) is 5.06. The summed E-state index contributed by atoms with van der Waals surface area (Å²) < 4.78 is 0. The number of benzene rings is 1. The molecule has 2 rings (SSSR count). The molecule has 1 heterocycles. The molecule has 0 saturated carbocycles. The second-order valence-electron chi connectivity index (χ2n) is 3.45. The molecular formula is C11H14ClNS. The fourth-order valence-corrected chi connectivity index (χ4v) is 3.05. The van der Waals surface area contributed by atoms with E-state index < -0.39 is 0 Å². The minimum Gasteiger partial charge on any atom is -0.316 e. The molecular weight excluding hydrogens is 214 g/mol. The first-order valence-corrected chi connectivity index (χ1v) is 6.37. The number of hydrogen-bond donors (Lipinski definition) is 1. The van der Waals surface area contributed by atoms with E-state index in [1.54, 1.807) is 0 Å². The van der Waals surface area contributed by atoms with E-state index in [0.717, 1.165) is 18.1 Å². The van der Waals surface area contributed by atoms with Crippen molar-refractivity contribution in [3.63, 3.8) is 0 Å². The average molecular weight is 228 g/mol. The van der Waals surface area contributed by atoms with Crippen molar-refractivity contribution in [2.45, 2.75) is 11.7 Å². The zero-order valence-electron chi connectivity index (χ0n) is 8.00. The van der Waals surface area contributed by atoms with Crippen LogP contribution in [-0.4, -0.2) is 18.8 Å². The number of hydrogen-bond acceptors (Lipinski definition) is 2. The van der Waals surface area contributed by atoms with Crippen molar-refractivity contribution in [2.24, 2.45) is 0 Å². The highest BCUT2D eigenvalue weighted by Gasteiger charge is 2.14. The number of thioether (sulfide) groups is 1. The summed E-state index contributed by atoms with van der Waals surface area (Å²) in [6.07, 6.45) is 1.20. The van der Waals surface area contributed by atoms with Gasteiger partial charge in [-0.15, -0.1) is 0 Å². The van der Waals surface area contributed by atoms with Gasteiger partial charge in [0.05, 0.1) is 0 Å². The smallest absolute Gasteiger partial charge is 0.0409 e. The van der Waals surface area contributed by atoms with E-state index in [0.29, 0.717) is 5.25 Å². The maximum atomic E-state index is 5.98. The highest BCUT2D eigenvalue weighted by Crippen LogP contribution is 2.33. The first-order chi connectivity index (χ1) is 6.86. The molecule has 1 fully saturated rings. The molecule has 0 aliphatic carbocycles. The Kier molecular flexibility index (Phi) is 3.74. The van der Waals surface area contributed by atoms with E-state index in [1.165, 1.54) is 17.7 Å². The quantitative estimate of drug-likeness (QED) is 0.792. The van der Waals surface area contributed by atoms with Gasteiger partial charge in [0.2, 0.25) is 0 Å². The molecule has 0 bridgehead atoms. The molecule has 1 atom stereocenters. The van der Waals surface area contributed by atoms with E-state index in [9.17, 15) is 0 Å². The molecule has 0 aromatic heterocycles. The van der Waals surface area contributed by atoms with Crippen molar-refractivity contribution in [1.29, 1.82) is 0 Å². The molecule has 0 amide bonds. The lowest BCUT2D eigenvalue weighted by molar-refractivity contribution is 0.687. The largest absolute Gasteiger partial charge is 0.316 e. The van der Waals surface area contributed by atoms with E-state index >= 15 is 0 Å². The van der Waals surface area contributed by atoms with Crippen LogP contribution in [0, 0.1) is 0 Å². The predicted octanol–water partition coefficient (Wildman–Crippen LogP) is 3.11. The summed E-state index contributed by atoms with van der Waals surface area (Å²) in [6.45, 7) is 2.24. The highest BCUT2D eigenvalue weighted by atomic mass is 35.5. The lowest BCUT2D eigenvalue weighted by Gasteiger charge is -2.13. The minimum absolute atomic E-state index is 0.615. The maximum absolute atomic E-state index is 5.98. The highest BCUT2D eigenvalue weighted by molar-refractivity contribution is 7.99. The van der Waals surface area contributed by atoms with Gasteiger partial charge in [-0.1, -0.05) is 23.7 Å². The zero-order valence-corrected chi connectivity index (χ0v) is 9.57. The summed E-state index contributed by atoms with van der Waals surface area (Å²) in [7, 11) is 0. The van der Waals surface area contributed by atoms with Gasteiger partial charge in [0.1, 0.15) is 0 Å². The molecule has 0 spiro atoms. The Morgan fingerprint density at radius 3 is 3.14 bits per heavy atom. The molecule has 3 heteroatoms. The lowest BCUT2D eigenvalue weighted by Crippen LogP contribution is -2.15. The summed E-state index contributed by atoms with van der Waals surface area (Å²) in [6, 6.07) is 8.24. The third-order valence-corrected chi connectivity index (χ3v) is 3.99. The van der Waals surface area contributed by atoms with Gasteiger partial charge < -0.3 is 5.32 Å². The average Bonchev–Trinajstić information content (AvgIpc) is 2.45. The molecule has 1 N–H and O–H groups in total. The Morgan fingerprint density at radius 2 is 2.29 bits per heavy atom. The van der Waals surface area contributed by atoms with Crippen molar-refractivity contribution in [3.8, 4) is 0 Å². The molecule has 0 radical (unpaired) electrons. The Morgan fingerprint density at radius 1 is 1.36 bits per heavy atom. The third-order valence-electron chi connectivity index (χ3n) is 2.40. The molecule has 1 saturated heterocycles. The van der Waals surface area contributed by atoms with Crippen molar-refractivity contribution >= 4 is 23.4 Å². The zero-order chi connectivity index (χ0) is 9.80. The van der Waals surface area contributed by atoms with Gasteiger partial charge in [-0.05, 0) is 30.7 Å². The fraction of sp³-hybridized carbons (Fsp3) is 0.455. The third kappa shape index (κ3) is 2.66. The molecule has 0 unspecified atom stereocenters. The summed E-state index contributed by atoms with van der Waals surface area (Å²) in [5.41, 5.74) is 1.37. The van der Waals surface area contributed by atoms with Gasteiger partial charge in [-0.3, -0.25) is 0 Å². The van der Waals surface area contributed by atoms with Gasteiger partial charge in [-0.2, -0.15) is 11.8 Å². The van der Waals surface area contributed by atoms with Gasteiger partial charge in [0.15, 0.2) is 0 Å². The van der Waals surface area contributed by atoms with Gasteiger partial charge >= 0.3 is 0 Å². The number of nitrogens with one attached hydrogen (secondary N) is 1. The molecule has 1 aliphatic rings. The summed E-state index contributed by atoms with van der Waals surface area (Å²) >= 11 is 8.00. The molecule has 1 aromatic rings. The van der Waals surface area contributed by atoms with Crippen LogP contribution in [0.3, 0.4) is 0 Å². The van der Waals surface area contributed by atoms with Gasteiger partial charge in [-0.25, -0.2) is 0 Å². The van der Waals surface area contributed by atoms with Crippen molar-refractivity contribution < 1.29 is 0 Å². The SMILES string of the molecule is Clc1cccc([C@H]2CCNCCS2)c1. The molecule has 14 heavy (non-hydrogen) atoms. The van der Waals surface area contributed by atoms with Crippen LogP contribution in [0.1, 0.15) is 17.2 Å². The van der Waals surface area contributed by atoms with E-state index in [1.807, 2.05) is 23.9 Å². The Bertz CT molecular complexity index is 295. The van der Waals surface area contributed by atoms with E-state index in [2.05, 4.69) is 17.4 Å². The standard InChI is InChI=1S/C11H14ClNS/c12-10-3-1-2-9(8-10)11-4-5-13-6-7-14-11/h1-3,8,11,13H,4-7H2/t11-/m1/s1. The molecule has 1 nitrogen and oxygen atoms in total. The first-order valence-electron chi connectivity index (χ1n) is 4.94. The summed E-state index contributed by atoms with van der Waals surface area (Å²) in [5, 5.41) is 4.87. The van der Waals surface area contributed by atoms with Crippen LogP contribution in [-0.2, 0) is 0 Å². The lowest BCUT2D eigenvalue weighted by atomic mass is 10.1. The predicted molar refractivity (Wildman–Crippen MR) is 64.1 cm³/mol. The molecule has 76 valence electrons. The Hall–Kier alpha value is -0.180. The summed E-state index contributed by atoms with van der Waals surface area (Å²) in [5.74, 6) is 1.19. The number of rotatable bonds is 1. The topological polar surface area (TPSA) is 12.0 Å². The van der Waals surface area contributed by atoms with Crippen LogP contribution in [0.5, 0.6) is 0 Å². The molecule has 1 aromatic carbocycles. The van der Waals surface area contributed by atoms with Crippen LogP contribution in [0.25, 0.3) is 0 Å². The normalized spacial score (nSPS) is 23.1. The van der Waals surface area contributed by atoms with Crippen LogP contribution < -0.4 is 5.32 Å². The maximum Gasteiger partial charge on any atom is 0.0409 e. The summed E-state index contributed by atoms with van der Waals surface area (Å²) in [4.78, 5) is 0. The molecule has 1 aliphatic heterocycles. The van der Waals surface area contributed by atoms with Gasteiger partial charge in [0, 0.05) is 22.6 Å². The monoisotopic (exact) mass is 227 g/mol. The Balaban J connectivity index is 2.12. The van der Waals surface area contributed by atoms with E-state index in [-0.39, 0.29) is 0 Å². The first kappa shape index (κ1) is 10.3. The van der Waals surface area contributed by atoms with Crippen LogP contribution in [0.4, 0.5) is 0 Å². The van der Waals surface area contributed by atoms with Crippen LogP contribution >= 0.6 is 23.4 Å². The van der Waals surface area contributed by atoms with Crippen molar-refractivity contribution in [3.05, 3.63) is 34.9 Å². The van der Waals surface area contributed by atoms with Crippen LogP contribution in [0.15, 0.2) is 24.3 Å². The van der Waals surface area contributed by atoms with Gasteiger partial charge in [0.25, 0.3) is 0 Å². The van der Waals surface area contributed by atoms with Crippen molar-refractivity contribution in [2.75, 3.05) is 18.8 Å². The second-order valence-corrected chi connectivity index (χ2v) is 5.20. The van der Waals surface area contributed by atoms with Crippen LogP contribution in [0.2, 0.25) is 5.02 Å². The fourth-order valence-electron chi connectivity index (χ4n) is 1.68. The Labute approximate surface area is 94.2 Å². The van der Waals surface area contributed by atoms with E-state index in [4.69, 9.17) is 11.6 Å². The minimum atomic E-state index is 0.615. The van der Waals surface area contributed by atoms with Crippen molar-refractivity contribution in [1.82, 2.24) is 5.32 Å². The number of halogens is 1.